The summed E-state index contributed by atoms with van der Waals surface area (Å²) >= 11 is 0. The Morgan fingerprint density at radius 2 is 1.89 bits per heavy atom. The summed E-state index contributed by atoms with van der Waals surface area (Å²) in [6, 6.07) is 7.76. The summed E-state index contributed by atoms with van der Waals surface area (Å²) in [4.78, 5) is 26.9. The molecule has 0 radical (unpaired) electrons. The van der Waals surface area contributed by atoms with Gasteiger partial charge in [-0.05, 0) is 31.6 Å². The second kappa shape index (κ2) is 5.84. The van der Waals surface area contributed by atoms with E-state index in [-0.39, 0.29) is 0 Å². The molecule has 0 bridgehead atoms. The summed E-state index contributed by atoms with van der Waals surface area (Å²) in [7, 11) is 3.55. The average molecular weight is 261 g/mol. The number of rotatable bonds is 4. The summed E-state index contributed by atoms with van der Waals surface area (Å²) in [5.41, 5.74) is 1.94. The van der Waals surface area contributed by atoms with Gasteiger partial charge in [0.15, 0.2) is 0 Å². The van der Waals surface area contributed by atoms with Crippen LogP contribution < -0.4 is 10.2 Å². The second-order valence-electron chi connectivity index (χ2n) is 4.67. The molecule has 1 saturated heterocycles. The molecular weight excluding hydrogens is 242 g/mol. The molecule has 1 heterocycles. The van der Waals surface area contributed by atoms with Crippen LogP contribution in [-0.4, -0.2) is 50.4 Å². The SMILES string of the molecule is CNCCc1ccccc1N1CCN(C)C(=O)C1=O. The highest BCUT2D eigenvalue weighted by Gasteiger charge is 2.31. The average Bonchev–Trinajstić information content (AvgIpc) is 2.43. The predicted octanol–water partition coefficient (Wildman–Crippen LogP) is 0.253. The van der Waals surface area contributed by atoms with Crippen LogP contribution in [0.4, 0.5) is 5.69 Å². The van der Waals surface area contributed by atoms with Gasteiger partial charge in [0.2, 0.25) is 0 Å². The first-order valence-corrected chi connectivity index (χ1v) is 6.44. The van der Waals surface area contributed by atoms with Crippen LogP contribution in [0.25, 0.3) is 0 Å². The number of likely N-dealkylation sites (N-methyl/N-ethyl adjacent to an activating group) is 2. The highest BCUT2D eigenvalue weighted by molar-refractivity contribution is 6.41. The van der Waals surface area contributed by atoms with E-state index >= 15 is 0 Å². The first-order chi connectivity index (χ1) is 9.15. The predicted molar refractivity (Wildman–Crippen MR) is 74.1 cm³/mol. The number of amides is 2. The van der Waals surface area contributed by atoms with Gasteiger partial charge in [0.05, 0.1) is 0 Å². The van der Waals surface area contributed by atoms with Gasteiger partial charge in [-0.2, -0.15) is 0 Å². The molecule has 0 unspecified atom stereocenters. The van der Waals surface area contributed by atoms with E-state index in [1.807, 2.05) is 31.3 Å². The van der Waals surface area contributed by atoms with Crippen molar-refractivity contribution in [1.29, 1.82) is 0 Å². The van der Waals surface area contributed by atoms with Crippen LogP contribution in [0.1, 0.15) is 5.56 Å². The molecule has 0 spiro atoms. The fourth-order valence-electron chi connectivity index (χ4n) is 2.21. The summed E-state index contributed by atoms with van der Waals surface area (Å²) in [5, 5.41) is 3.09. The third-order valence-corrected chi connectivity index (χ3v) is 3.36. The molecule has 1 aliphatic rings. The Balaban J connectivity index is 2.26. The fourth-order valence-corrected chi connectivity index (χ4v) is 2.21. The van der Waals surface area contributed by atoms with Crippen molar-refractivity contribution in [3.05, 3.63) is 29.8 Å². The third kappa shape index (κ3) is 2.76. The zero-order valence-electron chi connectivity index (χ0n) is 11.3. The number of anilines is 1. The molecule has 1 fully saturated rings. The van der Waals surface area contributed by atoms with Crippen molar-refractivity contribution in [3.63, 3.8) is 0 Å². The van der Waals surface area contributed by atoms with Crippen molar-refractivity contribution in [2.45, 2.75) is 6.42 Å². The van der Waals surface area contributed by atoms with Crippen molar-refractivity contribution >= 4 is 17.5 Å². The molecule has 1 aromatic carbocycles. The number of para-hydroxylation sites is 1. The van der Waals surface area contributed by atoms with E-state index in [2.05, 4.69) is 5.32 Å². The largest absolute Gasteiger partial charge is 0.336 e. The first kappa shape index (κ1) is 13.5. The molecule has 5 nitrogen and oxygen atoms in total. The Labute approximate surface area is 113 Å². The number of piperazine rings is 1. The quantitative estimate of drug-likeness (QED) is 0.791. The molecule has 0 aromatic heterocycles. The van der Waals surface area contributed by atoms with Gasteiger partial charge < -0.3 is 15.1 Å². The maximum Gasteiger partial charge on any atom is 0.316 e. The van der Waals surface area contributed by atoms with E-state index in [0.29, 0.717) is 13.1 Å². The molecule has 2 amide bonds. The van der Waals surface area contributed by atoms with Crippen LogP contribution in [-0.2, 0) is 16.0 Å². The van der Waals surface area contributed by atoms with Gasteiger partial charge in [-0.15, -0.1) is 0 Å². The maximum atomic E-state index is 12.1. The van der Waals surface area contributed by atoms with Crippen LogP contribution in [0.2, 0.25) is 0 Å². The summed E-state index contributed by atoms with van der Waals surface area (Å²) in [6.07, 6.45) is 0.834. The Kier molecular flexibility index (Phi) is 4.16. The molecule has 1 aliphatic heterocycles. The highest BCUT2D eigenvalue weighted by atomic mass is 16.2. The Hall–Kier alpha value is -1.88. The van der Waals surface area contributed by atoms with E-state index in [4.69, 9.17) is 0 Å². The lowest BCUT2D eigenvalue weighted by molar-refractivity contribution is -0.145. The van der Waals surface area contributed by atoms with Crippen molar-refractivity contribution in [2.75, 3.05) is 38.6 Å². The fraction of sp³-hybridized carbons (Fsp3) is 0.429. The standard InChI is InChI=1S/C14H19N3O2/c1-15-8-7-11-5-3-4-6-12(11)17-10-9-16(2)13(18)14(17)19/h3-6,15H,7-10H2,1-2H3. The molecular formula is C14H19N3O2. The minimum absolute atomic E-state index is 0.435. The van der Waals surface area contributed by atoms with Crippen molar-refractivity contribution < 1.29 is 9.59 Å². The lowest BCUT2D eigenvalue weighted by Gasteiger charge is -2.32. The van der Waals surface area contributed by atoms with E-state index in [0.717, 1.165) is 24.2 Å². The summed E-state index contributed by atoms with van der Waals surface area (Å²) in [6.45, 7) is 1.97. The van der Waals surface area contributed by atoms with E-state index in [9.17, 15) is 9.59 Å². The van der Waals surface area contributed by atoms with Crippen molar-refractivity contribution in [1.82, 2.24) is 10.2 Å². The molecule has 5 heteroatoms. The normalized spacial score (nSPS) is 16.1. The maximum absolute atomic E-state index is 12.1. The number of hydrogen-bond donors (Lipinski definition) is 1. The molecule has 0 aliphatic carbocycles. The van der Waals surface area contributed by atoms with Crippen LogP contribution in [0.15, 0.2) is 24.3 Å². The van der Waals surface area contributed by atoms with Crippen LogP contribution in [0.3, 0.4) is 0 Å². The van der Waals surface area contributed by atoms with Gasteiger partial charge >= 0.3 is 11.8 Å². The minimum atomic E-state index is -0.439. The lowest BCUT2D eigenvalue weighted by Crippen LogP contribution is -2.53. The monoisotopic (exact) mass is 261 g/mol. The molecule has 0 saturated carbocycles. The van der Waals surface area contributed by atoms with Crippen molar-refractivity contribution in [2.24, 2.45) is 0 Å². The summed E-state index contributed by atoms with van der Waals surface area (Å²) < 4.78 is 0. The molecule has 0 atom stereocenters. The number of benzene rings is 1. The molecule has 1 aromatic rings. The Morgan fingerprint density at radius 1 is 1.16 bits per heavy atom. The van der Waals surface area contributed by atoms with Crippen molar-refractivity contribution in [3.8, 4) is 0 Å². The van der Waals surface area contributed by atoms with Crippen LogP contribution in [0, 0.1) is 0 Å². The summed E-state index contributed by atoms with van der Waals surface area (Å²) in [5.74, 6) is -0.875. The van der Waals surface area contributed by atoms with Gasteiger partial charge in [0.25, 0.3) is 0 Å². The van der Waals surface area contributed by atoms with Gasteiger partial charge in [-0.1, -0.05) is 18.2 Å². The number of hydrogen-bond acceptors (Lipinski definition) is 3. The van der Waals surface area contributed by atoms with E-state index < -0.39 is 11.8 Å². The molecule has 102 valence electrons. The molecule has 19 heavy (non-hydrogen) atoms. The van der Waals surface area contributed by atoms with Gasteiger partial charge in [-0.3, -0.25) is 9.59 Å². The molecule has 1 N–H and O–H groups in total. The Bertz CT molecular complexity index is 487. The topological polar surface area (TPSA) is 52.6 Å². The van der Waals surface area contributed by atoms with E-state index in [1.54, 1.807) is 11.9 Å². The zero-order chi connectivity index (χ0) is 13.8. The van der Waals surface area contributed by atoms with Gasteiger partial charge in [0.1, 0.15) is 0 Å². The molecule has 2 rings (SSSR count). The number of carbonyl (C=O) groups excluding carboxylic acids is 2. The number of nitrogens with one attached hydrogen (secondary N) is 1. The highest BCUT2D eigenvalue weighted by Crippen LogP contribution is 2.22. The van der Waals surface area contributed by atoms with E-state index in [1.165, 1.54) is 4.90 Å². The minimum Gasteiger partial charge on any atom is -0.336 e. The van der Waals surface area contributed by atoms with Gasteiger partial charge in [0, 0.05) is 25.8 Å². The Morgan fingerprint density at radius 3 is 2.63 bits per heavy atom. The zero-order valence-corrected chi connectivity index (χ0v) is 11.3. The second-order valence-corrected chi connectivity index (χ2v) is 4.67. The number of carbonyl (C=O) groups is 2. The van der Waals surface area contributed by atoms with Gasteiger partial charge in [-0.25, -0.2) is 0 Å². The lowest BCUT2D eigenvalue weighted by atomic mass is 10.1. The van der Waals surface area contributed by atoms with Crippen LogP contribution >= 0.6 is 0 Å². The first-order valence-electron chi connectivity index (χ1n) is 6.44. The third-order valence-electron chi connectivity index (χ3n) is 3.36. The number of nitrogens with zero attached hydrogens (tertiary/aromatic N) is 2. The van der Waals surface area contributed by atoms with Crippen LogP contribution in [0.5, 0.6) is 0 Å². The smallest absolute Gasteiger partial charge is 0.316 e.